The zero-order valence-electron chi connectivity index (χ0n) is 16.1. The van der Waals surface area contributed by atoms with Gasteiger partial charge in [-0.05, 0) is 42.5 Å². The number of carbonyl (C=O) groups excluding carboxylic acids is 1. The number of carbonyl (C=O) groups is 1. The fraction of sp³-hybridized carbons (Fsp3) is 0.100. The van der Waals surface area contributed by atoms with E-state index in [1.807, 2.05) is 18.2 Å². The van der Waals surface area contributed by atoms with Crippen LogP contribution in [-0.2, 0) is 17.1 Å². The summed E-state index contributed by atoms with van der Waals surface area (Å²) in [6.07, 6.45) is 1.52. The molecule has 2 aromatic carbocycles. The number of benzene rings is 2. The molecule has 0 aliphatic carbocycles. The predicted molar refractivity (Wildman–Crippen MR) is 117 cm³/mol. The lowest BCUT2D eigenvalue weighted by atomic mass is 10.2. The SMILES string of the molecule is COc1cccc2c1cc(C(=O)Nc1ccc(S(=O)(=O)Nc3nccs3)cc1)n2C. The number of aryl methyl sites for hydroxylation is 1. The summed E-state index contributed by atoms with van der Waals surface area (Å²) in [6.45, 7) is 0. The van der Waals surface area contributed by atoms with Crippen LogP contribution in [0.25, 0.3) is 10.9 Å². The fourth-order valence-electron chi connectivity index (χ4n) is 3.09. The average Bonchev–Trinajstić information content (AvgIpc) is 3.35. The van der Waals surface area contributed by atoms with Crippen LogP contribution in [0, 0.1) is 0 Å². The molecule has 10 heteroatoms. The van der Waals surface area contributed by atoms with Crippen molar-refractivity contribution in [2.75, 3.05) is 17.1 Å². The number of ether oxygens (including phenoxy) is 1. The van der Waals surface area contributed by atoms with Crippen molar-refractivity contribution in [2.24, 2.45) is 7.05 Å². The lowest BCUT2D eigenvalue weighted by molar-refractivity contribution is 0.101. The van der Waals surface area contributed by atoms with Gasteiger partial charge in [-0.1, -0.05) is 6.07 Å². The number of hydrogen-bond donors (Lipinski definition) is 2. The number of nitrogens with zero attached hydrogens (tertiary/aromatic N) is 2. The summed E-state index contributed by atoms with van der Waals surface area (Å²) in [5.41, 5.74) is 1.80. The average molecular weight is 443 g/mol. The Morgan fingerprint density at radius 2 is 1.93 bits per heavy atom. The zero-order chi connectivity index (χ0) is 21.3. The molecule has 0 radical (unpaired) electrons. The fourth-order valence-corrected chi connectivity index (χ4v) is 4.88. The first-order valence-electron chi connectivity index (χ1n) is 8.85. The highest BCUT2D eigenvalue weighted by atomic mass is 32.2. The van der Waals surface area contributed by atoms with E-state index in [0.717, 1.165) is 10.9 Å². The van der Waals surface area contributed by atoms with Gasteiger partial charge in [-0.3, -0.25) is 9.52 Å². The third-order valence-electron chi connectivity index (χ3n) is 4.58. The van der Waals surface area contributed by atoms with Gasteiger partial charge in [0.1, 0.15) is 11.4 Å². The van der Waals surface area contributed by atoms with Crippen molar-refractivity contribution in [1.82, 2.24) is 9.55 Å². The number of sulfonamides is 1. The van der Waals surface area contributed by atoms with Crippen LogP contribution in [0.5, 0.6) is 5.75 Å². The van der Waals surface area contributed by atoms with Crippen LogP contribution in [0.2, 0.25) is 0 Å². The number of anilines is 2. The Balaban J connectivity index is 1.54. The molecule has 0 aliphatic heterocycles. The number of aromatic nitrogens is 2. The standard InChI is InChI=1S/C20H18N4O4S2/c1-24-16-4-3-5-18(28-2)15(16)12-17(24)19(25)22-13-6-8-14(9-7-13)30(26,27)23-20-21-10-11-29-20/h3-12H,1-2H3,(H,21,23)(H,22,25). The maximum absolute atomic E-state index is 12.8. The van der Waals surface area contributed by atoms with Gasteiger partial charge in [0, 0.05) is 29.7 Å². The smallest absolute Gasteiger partial charge is 0.272 e. The van der Waals surface area contributed by atoms with Crippen LogP contribution < -0.4 is 14.8 Å². The van der Waals surface area contributed by atoms with Gasteiger partial charge < -0.3 is 14.6 Å². The summed E-state index contributed by atoms with van der Waals surface area (Å²) in [5, 5.41) is 5.60. The predicted octanol–water partition coefficient (Wildman–Crippen LogP) is 3.70. The van der Waals surface area contributed by atoms with E-state index in [4.69, 9.17) is 4.74 Å². The molecule has 0 spiro atoms. The molecule has 4 rings (SSSR count). The monoisotopic (exact) mass is 442 g/mol. The topological polar surface area (TPSA) is 102 Å². The van der Waals surface area contributed by atoms with Crippen molar-refractivity contribution in [2.45, 2.75) is 4.90 Å². The number of fused-ring (bicyclic) bond motifs is 1. The maximum atomic E-state index is 12.8. The lowest BCUT2D eigenvalue weighted by Gasteiger charge is -2.08. The Morgan fingerprint density at radius 3 is 2.60 bits per heavy atom. The second-order valence-electron chi connectivity index (χ2n) is 6.40. The van der Waals surface area contributed by atoms with E-state index in [-0.39, 0.29) is 10.8 Å². The summed E-state index contributed by atoms with van der Waals surface area (Å²) < 4.78 is 34.4. The Labute approximate surface area is 177 Å². The Morgan fingerprint density at radius 1 is 1.17 bits per heavy atom. The van der Waals surface area contributed by atoms with Crippen LogP contribution in [0.3, 0.4) is 0 Å². The largest absolute Gasteiger partial charge is 0.496 e. The second-order valence-corrected chi connectivity index (χ2v) is 8.98. The number of nitrogens with one attached hydrogen (secondary N) is 2. The van der Waals surface area contributed by atoms with Crippen molar-refractivity contribution in [1.29, 1.82) is 0 Å². The van der Waals surface area contributed by atoms with Gasteiger partial charge in [0.15, 0.2) is 5.13 Å². The van der Waals surface area contributed by atoms with Gasteiger partial charge >= 0.3 is 0 Å². The summed E-state index contributed by atoms with van der Waals surface area (Å²) in [4.78, 5) is 16.8. The highest BCUT2D eigenvalue weighted by molar-refractivity contribution is 7.93. The number of methoxy groups -OCH3 is 1. The minimum Gasteiger partial charge on any atom is -0.496 e. The third kappa shape index (κ3) is 3.74. The summed E-state index contributed by atoms with van der Waals surface area (Å²) >= 11 is 1.19. The van der Waals surface area contributed by atoms with E-state index in [9.17, 15) is 13.2 Å². The first kappa shape index (κ1) is 19.9. The minimum atomic E-state index is -3.75. The van der Waals surface area contributed by atoms with Crippen LogP contribution in [0.4, 0.5) is 10.8 Å². The van der Waals surface area contributed by atoms with Gasteiger partial charge in [-0.2, -0.15) is 0 Å². The zero-order valence-corrected chi connectivity index (χ0v) is 17.8. The highest BCUT2D eigenvalue weighted by Gasteiger charge is 2.18. The van der Waals surface area contributed by atoms with E-state index in [1.165, 1.54) is 41.8 Å². The summed E-state index contributed by atoms with van der Waals surface area (Å²) in [7, 11) is -0.359. The van der Waals surface area contributed by atoms with Gasteiger partial charge in [-0.25, -0.2) is 13.4 Å². The van der Waals surface area contributed by atoms with Crippen LogP contribution in [0.15, 0.2) is 65.0 Å². The number of amides is 1. The van der Waals surface area contributed by atoms with E-state index in [2.05, 4.69) is 15.0 Å². The van der Waals surface area contributed by atoms with E-state index >= 15 is 0 Å². The number of rotatable bonds is 6. The molecule has 0 atom stereocenters. The van der Waals surface area contributed by atoms with Gasteiger partial charge in [0.2, 0.25) is 0 Å². The van der Waals surface area contributed by atoms with Crippen molar-refractivity contribution in [3.63, 3.8) is 0 Å². The van der Waals surface area contributed by atoms with Gasteiger partial charge in [0.05, 0.1) is 17.5 Å². The normalized spacial score (nSPS) is 11.4. The first-order chi connectivity index (χ1) is 14.4. The molecular weight excluding hydrogens is 424 g/mol. The van der Waals surface area contributed by atoms with Crippen LogP contribution in [-0.4, -0.2) is 31.0 Å². The van der Waals surface area contributed by atoms with Crippen molar-refractivity contribution in [3.05, 3.63) is 65.8 Å². The van der Waals surface area contributed by atoms with Crippen LogP contribution >= 0.6 is 11.3 Å². The molecule has 1 amide bonds. The Hall–Kier alpha value is -3.37. The molecule has 0 bridgehead atoms. The Bertz CT molecular complexity index is 1310. The van der Waals surface area contributed by atoms with Gasteiger partial charge in [0.25, 0.3) is 15.9 Å². The van der Waals surface area contributed by atoms with E-state index in [1.54, 1.807) is 30.2 Å². The number of thiazole rings is 1. The molecule has 0 fully saturated rings. The molecule has 2 aromatic heterocycles. The summed E-state index contributed by atoms with van der Waals surface area (Å²) in [5.74, 6) is 0.372. The molecular formula is C20H18N4O4S2. The Kier molecular flexibility index (Phi) is 5.18. The molecule has 2 heterocycles. The van der Waals surface area contributed by atoms with Crippen molar-refractivity contribution >= 4 is 49.0 Å². The number of hydrogen-bond acceptors (Lipinski definition) is 6. The molecule has 0 unspecified atom stereocenters. The first-order valence-corrected chi connectivity index (χ1v) is 11.2. The van der Waals surface area contributed by atoms with Crippen LogP contribution in [0.1, 0.15) is 10.5 Å². The molecule has 0 saturated heterocycles. The molecule has 2 N–H and O–H groups in total. The molecule has 154 valence electrons. The molecule has 0 aliphatic rings. The van der Waals surface area contributed by atoms with E-state index < -0.39 is 10.0 Å². The molecule has 30 heavy (non-hydrogen) atoms. The quantitative estimate of drug-likeness (QED) is 0.474. The molecule has 4 aromatic rings. The minimum absolute atomic E-state index is 0.0741. The van der Waals surface area contributed by atoms with Gasteiger partial charge in [-0.15, -0.1) is 11.3 Å². The molecule has 8 nitrogen and oxygen atoms in total. The lowest BCUT2D eigenvalue weighted by Crippen LogP contribution is -2.16. The summed E-state index contributed by atoms with van der Waals surface area (Å²) in [6, 6.07) is 13.3. The van der Waals surface area contributed by atoms with Crippen molar-refractivity contribution in [3.8, 4) is 5.75 Å². The second kappa shape index (κ2) is 7.81. The van der Waals surface area contributed by atoms with Crippen molar-refractivity contribution < 1.29 is 17.9 Å². The highest BCUT2D eigenvalue weighted by Crippen LogP contribution is 2.28. The third-order valence-corrected chi connectivity index (χ3v) is 6.75. The maximum Gasteiger partial charge on any atom is 0.272 e. The molecule has 0 saturated carbocycles. The van der Waals surface area contributed by atoms with E-state index in [0.29, 0.717) is 22.3 Å².